The maximum atomic E-state index is 12.4. The molecule has 3 atom stereocenters. The number of carboxylic acids is 4. The van der Waals surface area contributed by atoms with Gasteiger partial charge < -0.3 is 30.5 Å². The average Bonchev–Trinajstić information content (AvgIpc) is 3.02. The van der Waals surface area contributed by atoms with E-state index in [-0.39, 0.29) is 75.8 Å². The highest BCUT2D eigenvalue weighted by Gasteiger charge is 2.26. The fourth-order valence-corrected chi connectivity index (χ4v) is 5.61. The minimum atomic E-state index is -1.43. The lowest BCUT2D eigenvalue weighted by Crippen LogP contribution is -2.41. The van der Waals surface area contributed by atoms with Gasteiger partial charge in [0.25, 0.3) is 0 Å². The lowest BCUT2D eigenvalue weighted by atomic mass is 9.93. The summed E-state index contributed by atoms with van der Waals surface area (Å²) >= 11 is 0. The molecule has 0 rings (SSSR count). The zero-order valence-electron chi connectivity index (χ0n) is 29.3. The monoisotopic (exact) mass is 697 g/mol. The van der Waals surface area contributed by atoms with Crippen LogP contribution in [0, 0.1) is 11.8 Å². The van der Waals surface area contributed by atoms with Crippen LogP contribution in [0.5, 0.6) is 0 Å². The second kappa shape index (κ2) is 28.2. The number of amides is 1. The maximum absolute atomic E-state index is 12.4. The van der Waals surface area contributed by atoms with Crippen LogP contribution in [0.2, 0.25) is 0 Å². The molecule has 0 unspecified atom stereocenters. The zero-order chi connectivity index (χ0) is 37.0. The fourth-order valence-electron chi connectivity index (χ4n) is 5.61. The summed E-state index contributed by atoms with van der Waals surface area (Å²) in [5.41, 5.74) is 0. The molecule has 0 heterocycles. The van der Waals surface area contributed by atoms with Gasteiger partial charge in [0.15, 0.2) is 0 Å². The highest BCUT2D eigenvalue weighted by Crippen LogP contribution is 2.18. The van der Waals surface area contributed by atoms with E-state index in [1.807, 2.05) is 0 Å². The highest BCUT2D eigenvalue weighted by atomic mass is 16.4. The predicted molar refractivity (Wildman–Crippen MR) is 181 cm³/mol. The molecule has 0 aliphatic heterocycles. The lowest BCUT2D eigenvalue weighted by Gasteiger charge is -2.16. The SMILES string of the molecule is CC(=O)CC[C@H](CC(=O)CC[C@H](NC(=O)CC[C@H](CC(=O)CCCCCCCCCCCCCCCCC(=O)O)C(=O)O)C(=O)O)C(=O)O. The first-order valence-corrected chi connectivity index (χ1v) is 17.9. The van der Waals surface area contributed by atoms with Crippen molar-refractivity contribution in [3.05, 3.63) is 0 Å². The molecular weight excluding hydrogens is 638 g/mol. The molecule has 49 heavy (non-hydrogen) atoms. The van der Waals surface area contributed by atoms with E-state index in [9.17, 15) is 53.7 Å². The van der Waals surface area contributed by atoms with Crippen molar-refractivity contribution >= 4 is 47.1 Å². The molecule has 0 saturated heterocycles. The van der Waals surface area contributed by atoms with E-state index in [4.69, 9.17) is 5.11 Å². The van der Waals surface area contributed by atoms with Crippen LogP contribution in [0.1, 0.15) is 161 Å². The zero-order valence-corrected chi connectivity index (χ0v) is 29.3. The molecule has 5 N–H and O–H groups in total. The van der Waals surface area contributed by atoms with Gasteiger partial charge in [0.1, 0.15) is 23.4 Å². The topological polar surface area (TPSA) is 230 Å². The van der Waals surface area contributed by atoms with Crippen molar-refractivity contribution in [3.63, 3.8) is 0 Å². The summed E-state index contributed by atoms with van der Waals surface area (Å²) in [5, 5.41) is 39.2. The van der Waals surface area contributed by atoms with Gasteiger partial charge >= 0.3 is 23.9 Å². The van der Waals surface area contributed by atoms with E-state index in [1.165, 1.54) is 39.0 Å². The summed E-state index contributed by atoms with van der Waals surface area (Å²) in [6.07, 6.45) is 13.6. The minimum Gasteiger partial charge on any atom is -0.481 e. The largest absolute Gasteiger partial charge is 0.481 e. The van der Waals surface area contributed by atoms with Crippen molar-refractivity contribution < 1.29 is 58.8 Å². The van der Waals surface area contributed by atoms with Gasteiger partial charge in [0.2, 0.25) is 5.91 Å². The van der Waals surface area contributed by atoms with Crippen LogP contribution in [0.4, 0.5) is 0 Å². The Morgan fingerprint density at radius 2 is 0.837 bits per heavy atom. The summed E-state index contributed by atoms with van der Waals surface area (Å²) in [7, 11) is 0. The number of hydrogen-bond donors (Lipinski definition) is 5. The van der Waals surface area contributed by atoms with Crippen LogP contribution in [-0.2, 0) is 38.4 Å². The van der Waals surface area contributed by atoms with E-state index in [2.05, 4.69) is 5.32 Å². The van der Waals surface area contributed by atoms with Crippen LogP contribution in [0.15, 0.2) is 0 Å². The van der Waals surface area contributed by atoms with E-state index in [1.54, 1.807) is 0 Å². The molecule has 13 nitrogen and oxygen atoms in total. The summed E-state index contributed by atoms with van der Waals surface area (Å²) < 4.78 is 0. The van der Waals surface area contributed by atoms with Crippen LogP contribution in [0.3, 0.4) is 0 Å². The van der Waals surface area contributed by atoms with Gasteiger partial charge in [-0.1, -0.05) is 77.0 Å². The molecule has 0 aromatic carbocycles. The molecule has 0 saturated carbocycles. The first kappa shape index (κ1) is 45.4. The molecule has 0 aliphatic rings. The van der Waals surface area contributed by atoms with Crippen LogP contribution >= 0.6 is 0 Å². The number of unbranched alkanes of at least 4 members (excludes halogenated alkanes) is 13. The Morgan fingerprint density at radius 3 is 1.22 bits per heavy atom. The molecule has 280 valence electrons. The Kier molecular flexibility index (Phi) is 26.1. The Balaban J connectivity index is 4.21. The number of hydrogen-bond acceptors (Lipinski definition) is 8. The number of aliphatic carboxylic acids is 4. The highest BCUT2D eigenvalue weighted by molar-refractivity contribution is 5.87. The fraction of sp³-hybridized carbons (Fsp3) is 0.778. The van der Waals surface area contributed by atoms with Crippen molar-refractivity contribution in [2.45, 2.75) is 167 Å². The number of carbonyl (C=O) groups excluding carboxylic acids is 4. The molecular formula is C36H59NO12. The first-order chi connectivity index (χ1) is 23.2. The molecule has 0 aromatic heterocycles. The van der Waals surface area contributed by atoms with Crippen LogP contribution in [-0.4, -0.2) is 73.6 Å². The number of nitrogens with one attached hydrogen (secondary N) is 1. The number of rotatable bonds is 34. The molecule has 1 amide bonds. The van der Waals surface area contributed by atoms with E-state index in [0.717, 1.165) is 51.4 Å². The van der Waals surface area contributed by atoms with Crippen molar-refractivity contribution in [2.75, 3.05) is 0 Å². The molecule has 0 spiro atoms. The summed E-state index contributed by atoms with van der Waals surface area (Å²) in [6, 6.07) is -1.43. The van der Waals surface area contributed by atoms with Crippen LogP contribution < -0.4 is 5.32 Å². The molecule has 0 fully saturated rings. The summed E-state index contributed by atoms with van der Waals surface area (Å²) in [4.78, 5) is 93.5. The Labute approximate surface area is 290 Å². The van der Waals surface area contributed by atoms with Gasteiger partial charge in [-0.25, -0.2) is 4.79 Å². The summed E-state index contributed by atoms with van der Waals surface area (Å²) in [5.74, 6) is -8.36. The number of carbonyl (C=O) groups is 8. The number of ketones is 3. The third-order valence-corrected chi connectivity index (χ3v) is 8.65. The first-order valence-electron chi connectivity index (χ1n) is 17.9. The summed E-state index contributed by atoms with van der Waals surface area (Å²) in [6.45, 7) is 1.31. The smallest absolute Gasteiger partial charge is 0.326 e. The number of Topliss-reactive ketones (excluding diaryl/α,β-unsaturated/α-hetero) is 3. The van der Waals surface area contributed by atoms with Gasteiger partial charge in [-0.05, 0) is 39.0 Å². The third-order valence-electron chi connectivity index (χ3n) is 8.65. The van der Waals surface area contributed by atoms with E-state index < -0.39 is 53.4 Å². The molecule has 0 bridgehead atoms. The van der Waals surface area contributed by atoms with Crippen molar-refractivity contribution in [1.82, 2.24) is 5.32 Å². The molecule has 0 radical (unpaired) electrons. The second-order valence-electron chi connectivity index (χ2n) is 13.2. The maximum Gasteiger partial charge on any atom is 0.326 e. The Morgan fingerprint density at radius 1 is 0.449 bits per heavy atom. The standard InChI is InChI=1S/C36H59NO12/c1-26(38)18-19-27(34(44)45)25-30(40)21-22-31(36(48)49)37-32(41)23-20-28(35(46)47)24-29(39)16-14-12-10-8-6-4-2-3-5-7-9-11-13-15-17-33(42)43/h27-28,31H,2-25H2,1H3,(H,37,41)(H,42,43)(H,44,45)(H,46,47)(H,48,49)/t27-,28-,31+/m1/s1. The minimum absolute atomic E-state index is 0.00552. The van der Waals surface area contributed by atoms with E-state index >= 15 is 0 Å². The number of carboxylic acid groups (broad SMARTS) is 4. The van der Waals surface area contributed by atoms with Crippen molar-refractivity contribution in [3.8, 4) is 0 Å². The molecule has 0 aliphatic carbocycles. The van der Waals surface area contributed by atoms with Gasteiger partial charge in [-0.3, -0.25) is 28.8 Å². The van der Waals surface area contributed by atoms with Gasteiger partial charge in [0.05, 0.1) is 11.8 Å². The van der Waals surface area contributed by atoms with Gasteiger partial charge in [0, 0.05) is 44.9 Å². The average molecular weight is 698 g/mol. The molecule has 0 aromatic rings. The Hall–Kier alpha value is -3.64. The van der Waals surface area contributed by atoms with Gasteiger partial charge in [-0.15, -0.1) is 0 Å². The Bertz CT molecular complexity index is 1060. The second-order valence-corrected chi connectivity index (χ2v) is 13.2. The predicted octanol–water partition coefficient (Wildman–Crippen LogP) is 6.13. The van der Waals surface area contributed by atoms with E-state index in [0.29, 0.717) is 6.42 Å². The lowest BCUT2D eigenvalue weighted by molar-refractivity contribution is -0.145. The normalized spacial score (nSPS) is 12.8. The third kappa shape index (κ3) is 26.9. The molecule has 13 heteroatoms. The van der Waals surface area contributed by atoms with Crippen molar-refractivity contribution in [2.24, 2.45) is 11.8 Å². The van der Waals surface area contributed by atoms with Crippen LogP contribution in [0.25, 0.3) is 0 Å². The van der Waals surface area contributed by atoms with Crippen molar-refractivity contribution in [1.29, 1.82) is 0 Å². The van der Waals surface area contributed by atoms with Gasteiger partial charge in [-0.2, -0.15) is 0 Å². The quantitative estimate of drug-likeness (QED) is 0.0478.